The number of hydrogen-bond acceptors (Lipinski definition) is 4. The Hall–Kier alpha value is -0.683. The Morgan fingerprint density at radius 2 is 1.50 bits per heavy atom. The van der Waals surface area contributed by atoms with E-state index in [0.717, 1.165) is 25.7 Å². The summed E-state index contributed by atoms with van der Waals surface area (Å²) >= 11 is 0. The van der Waals surface area contributed by atoms with Crippen molar-refractivity contribution in [3.05, 3.63) is 0 Å². The number of Topliss-reactive ketones (excluding diaryl/α,β-unsaturated/α-hetero) is 1. The molecule has 0 saturated heterocycles. The lowest BCUT2D eigenvalue weighted by molar-refractivity contribution is -0.166. The van der Waals surface area contributed by atoms with Gasteiger partial charge in [0.15, 0.2) is 14.1 Å². The standard InChI is InChI=1S/C17H32O4Si/c1-16(2,3)22(6,7)21-17(4,15(19)20-5)14(18)13-11-9-8-10-12-13/h13H,8-12H2,1-7H3. The molecule has 1 saturated carbocycles. The van der Waals surface area contributed by atoms with Crippen LogP contribution < -0.4 is 0 Å². The van der Waals surface area contributed by atoms with Gasteiger partial charge in [-0.3, -0.25) is 4.79 Å². The molecular weight excluding hydrogens is 296 g/mol. The van der Waals surface area contributed by atoms with Gasteiger partial charge in [0.2, 0.25) is 5.60 Å². The largest absolute Gasteiger partial charge is 0.467 e. The van der Waals surface area contributed by atoms with Gasteiger partial charge in [-0.05, 0) is 37.9 Å². The lowest BCUT2D eigenvalue weighted by Crippen LogP contribution is -2.58. The highest BCUT2D eigenvalue weighted by Crippen LogP contribution is 2.41. The molecule has 1 aliphatic rings. The van der Waals surface area contributed by atoms with Crippen LogP contribution in [0.5, 0.6) is 0 Å². The van der Waals surface area contributed by atoms with Gasteiger partial charge in [-0.25, -0.2) is 4.79 Å². The third kappa shape index (κ3) is 3.99. The lowest BCUT2D eigenvalue weighted by Gasteiger charge is -2.43. The minimum absolute atomic E-state index is 0.0743. The summed E-state index contributed by atoms with van der Waals surface area (Å²) in [6.07, 6.45) is 4.97. The van der Waals surface area contributed by atoms with Gasteiger partial charge < -0.3 is 9.16 Å². The summed E-state index contributed by atoms with van der Waals surface area (Å²) in [4.78, 5) is 25.4. The summed E-state index contributed by atoms with van der Waals surface area (Å²) in [7, 11) is -0.944. The Balaban J connectivity index is 3.09. The number of ether oxygens (including phenoxy) is 1. The van der Waals surface area contributed by atoms with Gasteiger partial charge in [0.05, 0.1) is 7.11 Å². The third-order valence-electron chi connectivity index (χ3n) is 5.29. The number of ketones is 1. The molecule has 0 amide bonds. The van der Waals surface area contributed by atoms with Crippen molar-refractivity contribution in [1.29, 1.82) is 0 Å². The normalized spacial score (nSPS) is 20.3. The van der Waals surface area contributed by atoms with Crippen molar-refractivity contribution in [2.45, 2.75) is 83.5 Å². The van der Waals surface area contributed by atoms with E-state index in [1.54, 1.807) is 6.92 Å². The molecule has 1 fully saturated rings. The van der Waals surface area contributed by atoms with Crippen LogP contribution in [0.4, 0.5) is 0 Å². The predicted molar refractivity (Wildman–Crippen MR) is 90.3 cm³/mol. The van der Waals surface area contributed by atoms with E-state index in [-0.39, 0.29) is 16.7 Å². The second kappa shape index (κ2) is 6.83. The number of methoxy groups -OCH3 is 1. The molecule has 0 N–H and O–H groups in total. The van der Waals surface area contributed by atoms with E-state index in [0.29, 0.717) is 0 Å². The molecule has 22 heavy (non-hydrogen) atoms. The summed E-state index contributed by atoms with van der Waals surface area (Å²) in [5.74, 6) is -0.737. The highest BCUT2D eigenvalue weighted by molar-refractivity contribution is 6.74. The van der Waals surface area contributed by atoms with Crippen LogP contribution in [-0.4, -0.2) is 32.8 Å². The Labute approximate surface area is 136 Å². The molecule has 0 aliphatic heterocycles. The van der Waals surface area contributed by atoms with Crippen LogP contribution in [0.1, 0.15) is 59.8 Å². The molecule has 1 unspecified atom stereocenters. The zero-order chi connectivity index (χ0) is 17.2. The van der Waals surface area contributed by atoms with Crippen LogP contribution in [-0.2, 0) is 18.8 Å². The summed E-state index contributed by atoms with van der Waals surface area (Å²) < 4.78 is 11.2. The molecule has 0 aromatic carbocycles. The molecule has 0 spiro atoms. The zero-order valence-electron chi connectivity index (χ0n) is 15.2. The number of carbonyl (C=O) groups is 2. The Morgan fingerprint density at radius 1 is 1.00 bits per heavy atom. The smallest absolute Gasteiger partial charge is 0.344 e. The van der Waals surface area contributed by atoms with Gasteiger partial charge in [0.1, 0.15) is 0 Å². The van der Waals surface area contributed by atoms with Crippen molar-refractivity contribution in [3.63, 3.8) is 0 Å². The van der Waals surface area contributed by atoms with Gasteiger partial charge in [-0.2, -0.15) is 0 Å². The fourth-order valence-electron chi connectivity index (χ4n) is 2.81. The first-order valence-electron chi connectivity index (χ1n) is 8.28. The van der Waals surface area contributed by atoms with Gasteiger partial charge in [-0.1, -0.05) is 40.0 Å². The molecular formula is C17H32O4Si. The molecule has 0 radical (unpaired) electrons. The van der Waals surface area contributed by atoms with Gasteiger partial charge in [0.25, 0.3) is 0 Å². The molecule has 0 bridgehead atoms. The van der Waals surface area contributed by atoms with Gasteiger partial charge in [-0.15, -0.1) is 0 Å². The average Bonchev–Trinajstić information content (AvgIpc) is 2.44. The highest BCUT2D eigenvalue weighted by atomic mass is 28.4. The molecule has 5 heteroatoms. The third-order valence-corrected chi connectivity index (χ3v) is 9.82. The summed E-state index contributed by atoms with van der Waals surface area (Å²) in [5, 5.41) is -0.0743. The van der Waals surface area contributed by atoms with Crippen molar-refractivity contribution >= 4 is 20.1 Å². The highest BCUT2D eigenvalue weighted by Gasteiger charge is 2.52. The van der Waals surface area contributed by atoms with E-state index < -0.39 is 19.9 Å². The van der Waals surface area contributed by atoms with E-state index in [9.17, 15) is 9.59 Å². The molecule has 4 nitrogen and oxygen atoms in total. The van der Waals surface area contributed by atoms with E-state index in [4.69, 9.17) is 9.16 Å². The number of rotatable bonds is 5. The van der Waals surface area contributed by atoms with E-state index >= 15 is 0 Å². The summed E-state index contributed by atoms with van der Waals surface area (Å²) in [6, 6.07) is 0. The molecule has 0 heterocycles. The Morgan fingerprint density at radius 3 is 1.91 bits per heavy atom. The molecule has 1 atom stereocenters. The van der Waals surface area contributed by atoms with Crippen molar-refractivity contribution in [2.75, 3.05) is 7.11 Å². The lowest BCUT2D eigenvalue weighted by atomic mass is 9.80. The summed E-state index contributed by atoms with van der Waals surface area (Å²) in [5.41, 5.74) is -1.47. The van der Waals surface area contributed by atoms with Crippen LogP contribution in [0.3, 0.4) is 0 Å². The van der Waals surface area contributed by atoms with Crippen LogP contribution in [0, 0.1) is 5.92 Å². The van der Waals surface area contributed by atoms with Crippen LogP contribution >= 0.6 is 0 Å². The maximum atomic E-state index is 13.0. The summed E-state index contributed by atoms with van der Waals surface area (Å²) in [6.45, 7) is 12.0. The SMILES string of the molecule is COC(=O)C(C)(O[Si](C)(C)C(C)(C)C)C(=O)C1CCCCC1. The van der Waals surface area contributed by atoms with Gasteiger partial charge >= 0.3 is 5.97 Å². The number of hydrogen-bond donors (Lipinski definition) is 0. The first-order valence-corrected chi connectivity index (χ1v) is 11.2. The zero-order valence-corrected chi connectivity index (χ0v) is 16.2. The predicted octanol–water partition coefficient (Wildman–Crippen LogP) is 4.09. The first-order chi connectivity index (χ1) is 9.95. The maximum Gasteiger partial charge on any atom is 0.344 e. The Bertz CT molecular complexity index is 419. The van der Waals surface area contributed by atoms with Crippen molar-refractivity contribution in [3.8, 4) is 0 Å². The molecule has 128 valence electrons. The van der Waals surface area contributed by atoms with Crippen molar-refractivity contribution in [1.82, 2.24) is 0 Å². The minimum atomic E-state index is -2.27. The number of esters is 1. The van der Waals surface area contributed by atoms with Crippen LogP contribution in [0.15, 0.2) is 0 Å². The average molecular weight is 329 g/mol. The van der Waals surface area contributed by atoms with E-state index in [1.807, 2.05) is 0 Å². The van der Waals surface area contributed by atoms with Crippen molar-refractivity contribution in [2.24, 2.45) is 5.92 Å². The van der Waals surface area contributed by atoms with Gasteiger partial charge in [0, 0.05) is 5.92 Å². The molecule has 0 aromatic heterocycles. The Kier molecular flexibility index (Phi) is 6.01. The maximum absolute atomic E-state index is 13.0. The van der Waals surface area contributed by atoms with Crippen LogP contribution in [0.25, 0.3) is 0 Å². The molecule has 0 aromatic rings. The topological polar surface area (TPSA) is 52.6 Å². The van der Waals surface area contributed by atoms with E-state index in [1.165, 1.54) is 13.5 Å². The second-order valence-electron chi connectivity index (χ2n) is 8.09. The monoisotopic (exact) mass is 328 g/mol. The minimum Gasteiger partial charge on any atom is -0.467 e. The first kappa shape index (κ1) is 19.4. The fraction of sp³-hybridized carbons (Fsp3) is 0.882. The van der Waals surface area contributed by atoms with Crippen molar-refractivity contribution < 1.29 is 18.8 Å². The molecule has 1 aliphatic carbocycles. The molecule has 1 rings (SSSR count). The second-order valence-corrected chi connectivity index (χ2v) is 12.8. The quantitative estimate of drug-likeness (QED) is 0.433. The van der Waals surface area contributed by atoms with Crippen LogP contribution in [0.2, 0.25) is 18.1 Å². The number of carbonyl (C=O) groups excluding carboxylic acids is 2. The fourth-order valence-corrected chi connectivity index (χ4v) is 4.32. The van der Waals surface area contributed by atoms with E-state index in [2.05, 4.69) is 33.9 Å².